The normalized spacial score (nSPS) is 19.0. The van der Waals surface area contributed by atoms with Gasteiger partial charge in [-0.2, -0.15) is 0 Å². The smallest absolute Gasteiger partial charge is 0.257 e. The highest BCUT2D eigenvalue weighted by atomic mass is 16.3. The summed E-state index contributed by atoms with van der Waals surface area (Å²) in [4.78, 5) is 18.9. The van der Waals surface area contributed by atoms with E-state index < -0.39 is 0 Å². The van der Waals surface area contributed by atoms with Gasteiger partial charge in [0.15, 0.2) is 0 Å². The van der Waals surface area contributed by atoms with Crippen LogP contribution in [-0.2, 0) is 6.42 Å². The summed E-state index contributed by atoms with van der Waals surface area (Å²) in [6.07, 6.45) is 8.49. The van der Waals surface area contributed by atoms with E-state index in [1.54, 1.807) is 12.3 Å². The maximum Gasteiger partial charge on any atom is 0.257 e. The van der Waals surface area contributed by atoms with Crippen LogP contribution in [0.4, 0.5) is 0 Å². The zero-order chi connectivity index (χ0) is 14.8. The number of carbonyl (C=O) groups is 1. The van der Waals surface area contributed by atoms with Gasteiger partial charge in [-0.3, -0.25) is 4.79 Å². The number of amides is 1. The Labute approximate surface area is 124 Å². The average molecular weight is 287 g/mol. The molecule has 1 saturated heterocycles. The molecule has 0 radical (unpaired) electrons. The number of rotatable bonds is 3. The van der Waals surface area contributed by atoms with Crippen molar-refractivity contribution in [3.8, 4) is 0 Å². The Bertz CT molecular complexity index is 629. The highest BCUT2D eigenvalue weighted by Crippen LogP contribution is 2.25. The van der Waals surface area contributed by atoms with E-state index in [2.05, 4.69) is 16.5 Å². The molecule has 0 aromatic carbocycles. The fourth-order valence-corrected chi connectivity index (χ4v) is 3.09. The van der Waals surface area contributed by atoms with Crippen LogP contribution in [0.2, 0.25) is 0 Å². The fraction of sp³-hybridized carbons (Fsp3) is 0.500. The van der Waals surface area contributed by atoms with Gasteiger partial charge in [-0.25, -0.2) is 4.98 Å². The van der Waals surface area contributed by atoms with E-state index in [0.29, 0.717) is 17.4 Å². The van der Waals surface area contributed by atoms with Gasteiger partial charge in [0.25, 0.3) is 5.91 Å². The minimum atomic E-state index is 0.0733. The van der Waals surface area contributed by atoms with Crippen molar-refractivity contribution in [1.29, 1.82) is 0 Å². The van der Waals surface area contributed by atoms with E-state index in [1.165, 1.54) is 0 Å². The average Bonchev–Trinajstić information content (AvgIpc) is 3.15. The molecule has 5 nitrogen and oxygen atoms in total. The third-order valence-electron chi connectivity index (χ3n) is 4.23. The number of imidazole rings is 1. The van der Waals surface area contributed by atoms with Crippen LogP contribution in [-0.4, -0.2) is 33.4 Å². The molecule has 0 bridgehead atoms. The lowest BCUT2D eigenvalue weighted by atomic mass is 10.0. The maximum absolute atomic E-state index is 12.6. The molecule has 2 aromatic rings. The first-order valence-electron chi connectivity index (χ1n) is 7.55. The lowest BCUT2D eigenvalue weighted by molar-refractivity contribution is 0.0676. The number of aromatic nitrogens is 2. The third-order valence-corrected chi connectivity index (χ3v) is 4.23. The van der Waals surface area contributed by atoms with Gasteiger partial charge >= 0.3 is 0 Å². The van der Waals surface area contributed by atoms with E-state index in [9.17, 15) is 4.79 Å². The van der Waals surface area contributed by atoms with Crippen molar-refractivity contribution in [3.63, 3.8) is 0 Å². The molecule has 2 aromatic heterocycles. The number of hydrogen-bond donors (Lipinski definition) is 0. The summed E-state index contributed by atoms with van der Waals surface area (Å²) in [7, 11) is 0. The Morgan fingerprint density at radius 1 is 1.52 bits per heavy atom. The van der Waals surface area contributed by atoms with Crippen molar-refractivity contribution in [1.82, 2.24) is 14.5 Å². The summed E-state index contributed by atoms with van der Waals surface area (Å²) in [6.45, 7) is 5.50. The molecule has 1 amide bonds. The highest BCUT2D eigenvalue weighted by Gasteiger charge is 2.27. The van der Waals surface area contributed by atoms with Crippen molar-refractivity contribution in [3.05, 3.63) is 41.9 Å². The molecule has 3 rings (SSSR count). The molecule has 3 heterocycles. The molecular formula is C16H21N3O2. The molecule has 1 fully saturated rings. The second-order valence-corrected chi connectivity index (χ2v) is 5.54. The molecule has 112 valence electrons. The largest absolute Gasteiger partial charge is 0.469 e. The van der Waals surface area contributed by atoms with Crippen molar-refractivity contribution < 1.29 is 9.21 Å². The number of hydrogen-bond acceptors (Lipinski definition) is 3. The van der Waals surface area contributed by atoms with Crippen molar-refractivity contribution >= 4 is 5.91 Å². The minimum absolute atomic E-state index is 0.0733. The van der Waals surface area contributed by atoms with Crippen LogP contribution in [0.15, 0.2) is 29.1 Å². The van der Waals surface area contributed by atoms with Crippen LogP contribution < -0.4 is 0 Å². The van der Waals surface area contributed by atoms with E-state index in [0.717, 1.165) is 38.2 Å². The molecule has 0 N–H and O–H groups in total. The van der Waals surface area contributed by atoms with Crippen molar-refractivity contribution in [2.24, 2.45) is 0 Å². The van der Waals surface area contributed by atoms with Gasteiger partial charge in [-0.15, -0.1) is 0 Å². The Hall–Kier alpha value is -2.04. The summed E-state index contributed by atoms with van der Waals surface area (Å²) in [5.41, 5.74) is 0.678. The molecule has 0 spiro atoms. The number of nitrogens with zero attached hydrogens (tertiary/aromatic N) is 3. The second kappa shape index (κ2) is 5.76. The maximum atomic E-state index is 12.6. The van der Waals surface area contributed by atoms with E-state index >= 15 is 0 Å². The Balaban J connectivity index is 1.77. The number of furan rings is 1. The van der Waals surface area contributed by atoms with Gasteiger partial charge in [-0.1, -0.05) is 6.92 Å². The van der Waals surface area contributed by atoms with Crippen LogP contribution in [0.3, 0.4) is 0 Å². The molecular weight excluding hydrogens is 266 g/mol. The molecule has 1 aliphatic rings. The van der Waals surface area contributed by atoms with Crippen LogP contribution in [0.5, 0.6) is 0 Å². The van der Waals surface area contributed by atoms with E-state index in [4.69, 9.17) is 4.42 Å². The summed E-state index contributed by atoms with van der Waals surface area (Å²) < 4.78 is 7.47. The van der Waals surface area contributed by atoms with Crippen LogP contribution in [0, 0.1) is 6.92 Å². The number of aryl methyl sites for hydroxylation is 2. The van der Waals surface area contributed by atoms with Crippen molar-refractivity contribution in [2.45, 2.75) is 39.2 Å². The Morgan fingerprint density at radius 3 is 3.10 bits per heavy atom. The minimum Gasteiger partial charge on any atom is -0.469 e. The van der Waals surface area contributed by atoms with Crippen LogP contribution >= 0.6 is 0 Å². The quantitative estimate of drug-likeness (QED) is 0.872. The third kappa shape index (κ3) is 2.60. The lowest BCUT2D eigenvalue weighted by Gasteiger charge is -2.34. The predicted molar refractivity (Wildman–Crippen MR) is 79.2 cm³/mol. The topological polar surface area (TPSA) is 51.3 Å². The monoisotopic (exact) mass is 287 g/mol. The number of carbonyl (C=O) groups excluding carboxylic acids is 1. The van der Waals surface area contributed by atoms with Gasteiger partial charge in [0.2, 0.25) is 0 Å². The Kier molecular flexibility index (Phi) is 3.82. The van der Waals surface area contributed by atoms with Gasteiger partial charge in [-0.05, 0) is 25.8 Å². The first-order valence-corrected chi connectivity index (χ1v) is 7.55. The van der Waals surface area contributed by atoms with E-state index in [1.807, 2.05) is 24.2 Å². The van der Waals surface area contributed by atoms with Gasteiger partial charge < -0.3 is 13.9 Å². The summed E-state index contributed by atoms with van der Waals surface area (Å²) in [5.74, 6) is 1.86. The molecule has 21 heavy (non-hydrogen) atoms. The molecule has 5 heteroatoms. The van der Waals surface area contributed by atoms with Crippen LogP contribution in [0.1, 0.15) is 47.7 Å². The van der Waals surface area contributed by atoms with Crippen molar-refractivity contribution in [2.75, 3.05) is 13.1 Å². The molecule has 0 saturated carbocycles. The Morgan fingerprint density at radius 2 is 2.38 bits per heavy atom. The molecule has 1 atom stereocenters. The van der Waals surface area contributed by atoms with Gasteiger partial charge in [0.05, 0.1) is 17.9 Å². The first-order chi connectivity index (χ1) is 10.2. The fourth-order valence-electron chi connectivity index (χ4n) is 3.09. The van der Waals surface area contributed by atoms with Gasteiger partial charge in [0.1, 0.15) is 11.6 Å². The predicted octanol–water partition coefficient (Wildman–Crippen LogP) is 2.82. The molecule has 1 unspecified atom stereocenters. The second-order valence-electron chi connectivity index (χ2n) is 5.54. The van der Waals surface area contributed by atoms with Gasteiger partial charge in [0, 0.05) is 31.9 Å². The van der Waals surface area contributed by atoms with Crippen LogP contribution in [0.25, 0.3) is 0 Å². The first kappa shape index (κ1) is 13.9. The number of likely N-dealkylation sites (tertiary alicyclic amines) is 1. The van der Waals surface area contributed by atoms with E-state index in [-0.39, 0.29) is 5.91 Å². The molecule has 1 aliphatic heterocycles. The highest BCUT2D eigenvalue weighted by molar-refractivity contribution is 5.95. The zero-order valence-electron chi connectivity index (χ0n) is 12.6. The summed E-state index contributed by atoms with van der Waals surface area (Å²) in [6, 6.07) is 2.09. The standard InChI is InChI=1S/C16H21N3O2/c1-3-15-17-7-9-19(15)13-5-4-8-18(11-13)16(20)14-6-10-21-12(14)2/h6-7,9-10,13H,3-5,8,11H2,1-2H3. The molecule has 0 aliphatic carbocycles. The lowest BCUT2D eigenvalue weighted by Crippen LogP contribution is -2.41. The summed E-state index contributed by atoms with van der Waals surface area (Å²) >= 11 is 0. The summed E-state index contributed by atoms with van der Waals surface area (Å²) in [5, 5.41) is 0. The number of piperidine rings is 1. The zero-order valence-corrected chi connectivity index (χ0v) is 12.6. The SMILES string of the molecule is CCc1nccn1C1CCCN(C(=O)c2ccoc2C)C1.